The van der Waals surface area contributed by atoms with E-state index >= 15 is 0 Å². The number of nitrogens with zero attached hydrogens (tertiary/aromatic N) is 6. The summed E-state index contributed by atoms with van der Waals surface area (Å²) in [5.41, 5.74) is 2.37. The molecule has 2 aromatic heterocycles. The molecule has 1 fully saturated rings. The molecule has 148 valence electrons. The van der Waals surface area contributed by atoms with Gasteiger partial charge < -0.3 is 10.2 Å². The third kappa shape index (κ3) is 5.58. The van der Waals surface area contributed by atoms with Gasteiger partial charge in [-0.2, -0.15) is 10.1 Å². The highest BCUT2D eigenvalue weighted by molar-refractivity contribution is 5.48. The van der Waals surface area contributed by atoms with Crippen molar-refractivity contribution < 1.29 is 0 Å². The van der Waals surface area contributed by atoms with Crippen LogP contribution in [0.15, 0.2) is 67.1 Å². The van der Waals surface area contributed by atoms with Gasteiger partial charge in [-0.1, -0.05) is 42.5 Å². The largest absolute Gasteiger partial charge is 0.353 e. The molecule has 4 rings (SSSR count). The highest BCUT2D eigenvalue weighted by Crippen LogP contribution is 2.14. The van der Waals surface area contributed by atoms with Crippen molar-refractivity contribution >= 4 is 17.8 Å². The van der Waals surface area contributed by atoms with E-state index in [4.69, 9.17) is 0 Å². The molecule has 3 aromatic rings. The van der Waals surface area contributed by atoms with Gasteiger partial charge in [0.25, 0.3) is 0 Å². The smallest absolute Gasteiger partial charge is 0.244 e. The second-order valence-electron chi connectivity index (χ2n) is 6.95. The number of piperazine rings is 1. The normalized spacial score (nSPS) is 15.0. The molecule has 1 saturated heterocycles. The lowest BCUT2D eigenvalue weighted by Gasteiger charge is -2.34. The van der Waals surface area contributed by atoms with E-state index < -0.39 is 0 Å². The number of anilines is 2. The van der Waals surface area contributed by atoms with Gasteiger partial charge in [-0.3, -0.25) is 9.88 Å². The van der Waals surface area contributed by atoms with Crippen LogP contribution in [-0.2, 0) is 6.54 Å². The first-order chi connectivity index (χ1) is 14.4. The number of pyridine rings is 1. The molecule has 0 spiro atoms. The molecule has 0 radical (unpaired) electrons. The summed E-state index contributed by atoms with van der Waals surface area (Å²) >= 11 is 0. The number of benzene rings is 1. The number of hydrogen-bond donors (Lipinski definition) is 1. The number of hydrogen-bond acceptors (Lipinski definition) is 7. The predicted molar refractivity (Wildman–Crippen MR) is 116 cm³/mol. The quantitative estimate of drug-likeness (QED) is 0.668. The van der Waals surface area contributed by atoms with E-state index in [1.54, 1.807) is 18.6 Å². The molecule has 1 N–H and O–H groups in total. The maximum absolute atomic E-state index is 4.63. The van der Waals surface area contributed by atoms with Gasteiger partial charge in [0.2, 0.25) is 5.95 Å². The first-order valence-corrected chi connectivity index (χ1v) is 9.88. The number of aromatic nitrogens is 4. The van der Waals surface area contributed by atoms with Crippen molar-refractivity contribution in [3.05, 3.63) is 78.3 Å². The van der Waals surface area contributed by atoms with Gasteiger partial charge in [-0.25, -0.2) is 0 Å². The van der Waals surface area contributed by atoms with Crippen LogP contribution in [0.2, 0.25) is 0 Å². The van der Waals surface area contributed by atoms with E-state index in [0.717, 1.165) is 44.1 Å². The van der Waals surface area contributed by atoms with E-state index in [1.165, 1.54) is 5.56 Å². The van der Waals surface area contributed by atoms with E-state index in [1.807, 2.05) is 18.2 Å². The maximum atomic E-state index is 4.63. The highest BCUT2D eigenvalue weighted by Gasteiger charge is 2.18. The SMILES string of the molecule is C(=C\c1ccccc1)/CN1CCN(c2cnnc(NCc3ccncc3)n2)CC1. The molecule has 7 nitrogen and oxygen atoms in total. The third-order valence-corrected chi connectivity index (χ3v) is 4.92. The second-order valence-corrected chi connectivity index (χ2v) is 6.95. The van der Waals surface area contributed by atoms with Gasteiger partial charge in [0, 0.05) is 51.7 Å². The van der Waals surface area contributed by atoms with Crippen LogP contribution in [0.1, 0.15) is 11.1 Å². The number of nitrogens with one attached hydrogen (secondary N) is 1. The fourth-order valence-electron chi connectivity index (χ4n) is 3.27. The zero-order valence-electron chi connectivity index (χ0n) is 16.4. The van der Waals surface area contributed by atoms with Crippen molar-refractivity contribution in [2.75, 3.05) is 42.9 Å². The van der Waals surface area contributed by atoms with Crippen LogP contribution in [0.4, 0.5) is 11.8 Å². The average Bonchev–Trinajstić information content (AvgIpc) is 2.80. The summed E-state index contributed by atoms with van der Waals surface area (Å²) in [6.07, 6.45) is 9.71. The van der Waals surface area contributed by atoms with E-state index in [0.29, 0.717) is 12.5 Å². The summed E-state index contributed by atoms with van der Waals surface area (Å²) in [7, 11) is 0. The predicted octanol–water partition coefficient (Wildman–Crippen LogP) is 2.71. The van der Waals surface area contributed by atoms with Crippen molar-refractivity contribution in [3.8, 4) is 0 Å². The molecule has 7 heteroatoms. The topological polar surface area (TPSA) is 70.1 Å². The van der Waals surface area contributed by atoms with Crippen molar-refractivity contribution in [2.24, 2.45) is 0 Å². The lowest BCUT2D eigenvalue weighted by molar-refractivity contribution is 0.283. The van der Waals surface area contributed by atoms with Gasteiger partial charge in [0.05, 0.1) is 6.20 Å². The average molecular weight is 387 g/mol. The second kappa shape index (κ2) is 9.75. The zero-order valence-corrected chi connectivity index (χ0v) is 16.4. The molecule has 0 amide bonds. The van der Waals surface area contributed by atoms with Gasteiger partial charge in [-0.15, -0.1) is 5.10 Å². The molecule has 1 aliphatic heterocycles. The van der Waals surface area contributed by atoms with Crippen molar-refractivity contribution in [3.63, 3.8) is 0 Å². The Morgan fingerprint density at radius 2 is 1.76 bits per heavy atom. The van der Waals surface area contributed by atoms with Crippen LogP contribution in [0.3, 0.4) is 0 Å². The Kier molecular flexibility index (Phi) is 6.39. The van der Waals surface area contributed by atoms with Crippen LogP contribution >= 0.6 is 0 Å². The van der Waals surface area contributed by atoms with E-state index in [-0.39, 0.29) is 0 Å². The Morgan fingerprint density at radius 1 is 0.966 bits per heavy atom. The van der Waals surface area contributed by atoms with E-state index in [9.17, 15) is 0 Å². The lowest BCUT2D eigenvalue weighted by Crippen LogP contribution is -2.46. The maximum Gasteiger partial charge on any atom is 0.244 e. The first-order valence-electron chi connectivity index (χ1n) is 9.88. The summed E-state index contributed by atoms with van der Waals surface area (Å²) in [5.74, 6) is 1.42. The molecular formula is C22H25N7. The fourth-order valence-corrected chi connectivity index (χ4v) is 3.27. The molecule has 1 aliphatic rings. The Morgan fingerprint density at radius 3 is 2.55 bits per heavy atom. The van der Waals surface area contributed by atoms with Crippen LogP contribution in [0, 0.1) is 0 Å². The van der Waals surface area contributed by atoms with Gasteiger partial charge >= 0.3 is 0 Å². The Labute approximate surface area is 171 Å². The zero-order chi connectivity index (χ0) is 19.7. The monoisotopic (exact) mass is 387 g/mol. The Bertz CT molecular complexity index is 907. The van der Waals surface area contributed by atoms with Crippen LogP contribution in [0.25, 0.3) is 6.08 Å². The van der Waals surface area contributed by atoms with Crippen molar-refractivity contribution in [2.45, 2.75) is 6.54 Å². The van der Waals surface area contributed by atoms with Crippen LogP contribution < -0.4 is 10.2 Å². The Hall–Kier alpha value is -3.32. The first kappa shape index (κ1) is 19.0. The molecule has 0 aliphatic carbocycles. The molecule has 0 bridgehead atoms. The summed E-state index contributed by atoms with van der Waals surface area (Å²) < 4.78 is 0. The standard InChI is InChI=1S/C22H25N7/c1-2-5-19(6-3-1)7-4-12-28-13-15-29(16-14-28)21-18-25-27-22(26-21)24-17-20-8-10-23-11-9-20/h1-11,18H,12-17H2,(H,24,26,27)/b7-4+. The fraction of sp³-hybridized carbons (Fsp3) is 0.273. The van der Waals surface area contributed by atoms with Gasteiger partial charge in [-0.05, 0) is 23.3 Å². The highest BCUT2D eigenvalue weighted by atomic mass is 15.3. The van der Waals surface area contributed by atoms with Crippen LogP contribution in [0.5, 0.6) is 0 Å². The van der Waals surface area contributed by atoms with Crippen molar-refractivity contribution in [1.29, 1.82) is 0 Å². The summed E-state index contributed by atoms with van der Waals surface area (Å²) in [4.78, 5) is 13.4. The lowest BCUT2D eigenvalue weighted by atomic mass is 10.2. The van der Waals surface area contributed by atoms with Crippen LogP contribution in [-0.4, -0.2) is 57.8 Å². The summed E-state index contributed by atoms with van der Waals surface area (Å²) in [6.45, 7) is 5.48. The summed E-state index contributed by atoms with van der Waals surface area (Å²) in [6, 6.07) is 14.3. The van der Waals surface area contributed by atoms with Gasteiger partial charge in [0.1, 0.15) is 0 Å². The molecule has 1 aromatic carbocycles. The number of rotatable bonds is 7. The third-order valence-electron chi connectivity index (χ3n) is 4.92. The molecule has 0 saturated carbocycles. The molecule has 3 heterocycles. The minimum atomic E-state index is 0.549. The minimum Gasteiger partial charge on any atom is -0.353 e. The summed E-state index contributed by atoms with van der Waals surface area (Å²) in [5, 5.41) is 11.5. The van der Waals surface area contributed by atoms with Gasteiger partial charge in [0.15, 0.2) is 5.82 Å². The molecular weight excluding hydrogens is 362 g/mol. The molecule has 0 unspecified atom stereocenters. The molecule has 29 heavy (non-hydrogen) atoms. The Balaban J connectivity index is 1.26. The molecule has 0 atom stereocenters. The van der Waals surface area contributed by atoms with E-state index in [2.05, 4.69) is 71.7 Å². The van der Waals surface area contributed by atoms with Crippen molar-refractivity contribution in [1.82, 2.24) is 25.1 Å². The minimum absolute atomic E-state index is 0.549.